The molecule has 1 aromatic rings. The van der Waals surface area contributed by atoms with Crippen molar-refractivity contribution in [3.63, 3.8) is 0 Å². The van der Waals surface area contributed by atoms with Crippen LogP contribution < -0.4 is 16.2 Å². The molecule has 2 N–H and O–H groups in total. The van der Waals surface area contributed by atoms with Crippen LogP contribution in [0.25, 0.3) is 0 Å². The molecule has 0 aliphatic heterocycles. The summed E-state index contributed by atoms with van der Waals surface area (Å²) in [6.07, 6.45) is 1.77. The Kier molecular flexibility index (Phi) is 5.15. The lowest BCUT2D eigenvalue weighted by Gasteiger charge is -2.10. The molecule has 6 nitrogen and oxygen atoms in total. The highest BCUT2D eigenvalue weighted by molar-refractivity contribution is 6.32. The molecular formula is C11H17ClN4O2. The number of rotatable bonds is 5. The van der Waals surface area contributed by atoms with E-state index in [-0.39, 0.29) is 22.5 Å². The summed E-state index contributed by atoms with van der Waals surface area (Å²) in [4.78, 5) is 22.9. The Balaban J connectivity index is 2.52. The van der Waals surface area contributed by atoms with Gasteiger partial charge in [0.15, 0.2) is 0 Å². The third-order valence-corrected chi connectivity index (χ3v) is 2.56. The first-order valence-corrected chi connectivity index (χ1v) is 6.04. The standard InChI is InChI=1S/C11H17ClN4O2/c1-7(2)15-9(17)4-5-13-8-6-14-16(3)11(18)10(8)12/h6-7,13H,4-5H2,1-3H3,(H,15,17). The summed E-state index contributed by atoms with van der Waals surface area (Å²) in [5.41, 5.74) is 0.0745. The average Bonchev–Trinajstić information content (AvgIpc) is 2.28. The predicted octanol–water partition coefficient (Wildman–Crippen LogP) is 0.760. The lowest BCUT2D eigenvalue weighted by Crippen LogP contribution is -2.31. The maximum Gasteiger partial charge on any atom is 0.287 e. The van der Waals surface area contributed by atoms with Gasteiger partial charge < -0.3 is 10.6 Å². The molecule has 0 spiro atoms. The van der Waals surface area contributed by atoms with Crippen molar-refractivity contribution in [2.75, 3.05) is 11.9 Å². The molecule has 18 heavy (non-hydrogen) atoms. The van der Waals surface area contributed by atoms with Crippen LogP contribution in [0.4, 0.5) is 5.69 Å². The minimum atomic E-state index is -0.367. The monoisotopic (exact) mass is 272 g/mol. The van der Waals surface area contributed by atoms with Gasteiger partial charge in [0.2, 0.25) is 5.91 Å². The van der Waals surface area contributed by atoms with Crippen LogP contribution >= 0.6 is 11.6 Å². The van der Waals surface area contributed by atoms with Crippen LogP contribution in [0.15, 0.2) is 11.0 Å². The Morgan fingerprint density at radius 3 is 2.83 bits per heavy atom. The number of anilines is 1. The second kappa shape index (κ2) is 6.39. The summed E-state index contributed by atoms with van der Waals surface area (Å²) in [5, 5.41) is 9.61. The van der Waals surface area contributed by atoms with Crippen molar-refractivity contribution in [2.24, 2.45) is 7.05 Å². The molecule has 0 unspecified atom stereocenters. The van der Waals surface area contributed by atoms with Gasteiger partial charge in [-0.05, 0) is 13.8 Å². The highest BCUT2D eigenvalue weighted by Gasteiger charge is 2.08. The summed E-state index contributed by atoms with van der Waals surface area (Å²) in [6, 6.07) is 0.117. The number of carbonyl (C=O) groups is 1. The molecule has 0 saturated heterocycles. The zero-order valence-corrected chi connectivity index (χ0v) is 11.4. The summed E-state index contributed by atoms with van der Waals surface area (Å²) < 4.78 is 1.15. The molecule has 0 saturated carbocycles. The van der Waals surface area contributed by atoms with Gasteiger partial charge in [0, 0.05) is 26.1 Å². The van der Waals surface area contributed by atoms with Crippen molar-refractivity contribution in [2.45, 2.75) is 26.3 Å². The number of hydrogen-bond donors (Lipinski definition) is 2. The lowest BCUT2D eigenvalue weighted by atomic mass is 10.3. The van der Waals surface area contributed by atoms with E-state index in [0.29, 0.717) is 18.7 Å². The number of carbonyl (C=O) groups excluding carboxylic acids is 1. The van der Waals surface area contributed by atoms with E-state index < -0.39 is 0 Å². The Hall–Kier alpha value is -1.56. The second-order valence-corrected chi connectivity index (χ2v) is 4.58. The molecule has 0 aromatic carbocycles. The van der Waals surface area contributed by atoms with Crippen LogP contribution in [-0.2, 0) is 11.8 Å². The van der Waals surface area contributed by atoms with Gasteiger partial charge in [-0.25, -0.2) is 4.68 Å². The molecule has 1 rings (SSSR count). The molecule has 0 bridgehead atoms. The van der Waals surface area contributed by atoms with Gasteiger partial charge in [0.05, 0.1) is 11.9 Å². The molecule has 0 radical (unpaired) electrons. The van der Waals surface area contributed by atoms with Crippen molar-refractivity contribution in [3.8, 4) is 0 Å². The minimum Gasteiger partial charge on any atom is -0.382 e. The summed E-state index contributed by atoms with van der Waals surface area (Å²) in [5.74, 6) is -0.0505. The topological polar surface area (TPSA) is 76.0 Å². The zero-order chi connectivity index (χ0) is 13.7. The summed E-state index contributed by atoms with van der Waals surface area (Å²) in [7, 11) is 1.52. The molecule has 7 heteroatoms. The van der Waals surface area contributed by atoms with Crippen LogP contribution in [0, 0.1) is 0 Å². The SMILES string of the molecule is CC(C)NC(=O)CCNc1cnn(C)c(=O)c1Cl. The Labute approximate surface area is 110 Å². The maximum absolute atomic E-state index is 11.5. The van der Waals surface area contributed by atoms with Gasteiger partial charge in [0.1, 0.15) is 5.02 Å². The first kappa shape index (κ1) is 14.5. The van der Waals surface area contributed by atoms with E-state index in [2.05, 4.69) is 15.7 Å². The number of amides is 1. The van der Waals surface area contributed by atoms with E-state index in [1.54, 1.807) is 0 Å². The third-order valence-electron chi connectivity index (χ3n) is 2.20. The van der Waals surface area contributed by atoms with Gasteiger partial charge in [-0.1, -0.05) is 11.6 Å². The highest BCUT2D eigenvalue weighted by Crippen LogP contribution is 2.14. The van der Waals surface area contributed by atoms with E-state index in [1.165, 1.54) is 13.2 Å². The first-order chi connectivity index (χ1) is 8.41. The molecule has 0 aliphatic carbocycles. The lowest BCUT2D eigenvalue weighted by molar-refractivity contribution is -0.121. The van der Waals surface area contributed by atoms with Crippen LogP contribution in [-0.4, -0.2) is 28.3 Å². The number of aromatic nitrogens is 2. The van der Waals surface area contributed by atoms with E-state index in [4.69, 9.17) is 11.6 Å². The summed E-state index contributed by atoms with van der Waals surface area (Å²) in [6.45, 7) is 4.19. The van der Waals surface area contributed by atoms with Crippen LogP contribution in [0.3, 0.4) is 0 Å². The molecule has 1 aromatic heterocycles. The fourth-order valence-electron chi connectivity index (χ4n) is 1.34. The van der Waals surface area contributed by atoms with E-state index in [1.807, 2.05) is 13.8 Å². The van der Waals surface area contributed by atoms with Crippen molar-refractivity contribution in [1.29, 1.82) is 0 Å². The number of aryl methyl sites for hydroxylation is 1. The normalized spacial score (nSPS) is 10.5. The van der Waals surface area contributed by atoms with Crippen molar-refractivity contribution in [1.82, 2.24) is 15.1 Å². The fraction of sp³-hybridized carbons (Fsp3) is 0.545. The fourth-order valence-corrected chi connectivity index (χ4v) is 1.58. The minimum absolute atomic E-state index is 0.0505. The second-order valence-electron chi connectivity index (χ2n) is 4.20. The quantitative estimate of drug-likeness (QED) is 0.830. The number of halogens is 1. The zero-order valence-electron chi connectivity index (χ0n) is 10.7. The van der Waals surface area contributed by atoms with Crippen molar-refractivity contribution < 1.29 is 4.79 Å². The molecular weight excluding hydrogens is 256 g/mol. The molecule has 0 atom stereocenters. The molecule has 1 heterocycles. The van der Waals surface area contributed by atoms with Gasteiger partial charge in [-0.3, -0.25) is 9.59 Å². The van der Waals surface area contributed by atoms with Crippen molar-refractivity contribution in [3.05, 3.63) is 21.6 Å². The van der Waals surface area contributed by atoms with E-state index in [0.717, 1.165) is 4.68 Å². The van der Waals surface area contributed by atoms with E-state index in [9.17, 15) is 9.59 Å². The number of nitrogens with zero attached hydrogens (tertiary/aromatic N) is 2. The highest BCUT2D eigenvalue weighted by atomic mass is 35.5. The van der Waals surface area contributed by atoms with Crippen LogP contribution in [0.2, 0.25) is 5.02 Å². The number of hydrogen-bond acceptors (Lipinski definition) is 4. The van der Waals surface area contributed by atoms with Crippen molar-refractivity contribution >= 4 is 23.2 Å². The molecule has 0 aliphatic rings. The third kappa shape index (κ3) is 4.03. The van der Waals surface area contributed by atoms with Gasteiger partial charge in [0.25, 0.3) is 5.56 Å². The Morgan fingerprint density at radius 2 is 2.22 bits per heavy atom. The summed E-state index contributed by atoms with van der Waals surface area (Å²) >= 11 is 5.86. The Morgan fingerprint density at radius 1 is 1.56 bits per heavy atom. The smallest absolute Gasteiger partial charge is 0.287 e. The van der Waals surface area contributed by atoms with Gasteiger partial charge in [-0.15, -0.1) is 0 Å². The average molecular weight is 273 g/mol. The maximum atomic E-state index is 11.5. The largest absolute Gasteiger partial charge is 0.382 e. The molecule has 100 valence electrons. The molecule has 0 fully saturated rings. The predicted molar refractivity (Wildman–Crippen MR) is 70.9 cm³/mol. The van der Waals surface area contributed by atoms with Crippen LogP contribution in [0.1, 0.15) is 20.3 Å². The van der Waals surface area contributed by atoms with Gasteiger partial charge >= 0.3 is 0 Å². The van der Waals surface area contributed by atoms with Crippen LogP contribution in [0.5, 0.6) is 0 Å². The first-order valence-electron chi connectivity index (χ1n) is 5.67. The Bertz CT molecular complexity index is 484. The van der Waals surface area contributed by atoms with E-state index >= 15 is 0 Å². The van der Waals surface area contributed by atoms with Gasteiger partial charge in [-0.2, -0.15) is 5.10 Å². The number of nitrogens with one attached hydrogen (secondary N) is 2. The molecule has 1 amide bonds.